The van der Waals surface area contributed by atoms with Crippen molar-refractivity contribution in [1.29, 1.82) is 0 Å². The van der Waals surface area contributed by atoms with Crippen LogP contribution in [0.3, 0.4) is 0 Å². The average Bonchev–Trinajstić information content (AvgIpc) is 3.51. The van der Waals surface area contributed by atoms with E-state index in [9.17, 15) is 9.00 Å². The second kappa shape index (κ2) is 10.5. The van der Waals surface area contributed by atoms with Crippen LogP contribution in [0.2, 0.25) is 0 Å². The van der Waals surface area contributed by atoms with E-state index in [0.717, 1.165) is 67.8 Å². The fourth-order valence-corrected chi connectivity index (χ4v) is 6.90. The van der Waals surface area contributed by atoms with Gasteiger partial charge in [0.15, 0.2) is 5.82 Å². The van der Waals surface area contributed by atoms with Crippen molar-refractivity contribution in [3.8, 4) is 11.4 Å². The van der Waals surface area contributed by atoms with Crippen molar-refractivity contribution in [2.75, 3.05) is 30.0 Å². The molecule has 1 aromatic carbocycles. The van der Waals surface area contributed by atoms with Crippen LogP contribution in [0.15, 0.2) is 30.3 Å². The maximum atomic E-state index is 13.7. The first-order valence-corrected chi connectivity index (χ1v) is 14.3. The maximum absolute atomic E-state index is 13.7. The SMILES string of the molecule is C[C@H]1COCCN1c1cc(C(C)(C)S(=O)C2CCCC2)nc(-c2ccc(NC(=O)NC3CC3)cc2)n1. The van der Waals surface area contributed by atoms with Crippen molar-refractivity contribution in [3.63, 3.8) is 0 Å². The van der Waals surface area contributed by atoms with E-state index in [4.69, 9.17) is 14.7 Å². The van der Waals surface area contributed by atoms with Crippen molar-refractivity contribution in [2.45, 2.75) is 81.4 Å². The van der Waals surface area contributed by atoms with Crippen molar-refractivity contribution >= 4 is 28.3 Å². The van der Waals surface area contributed by atoms with Gasteiger partial charge in [0.25, 0.3) is 0 Å². The van der Waals surface area contributed by atoms with Gasteiger partial charge in [-0.3, -0.25) is 4.21 Å². The number of hydrogen-bond donors (Lipinski definition) is 2. The standard InChI is InChI=1S/C27H37N5O3S/c1-18-17-35-15-14-32(18)24-16-23(27(2,3)36(34)22-6-4-5-7-22)30-25(31-24)19-8-10-20(11-9-19)28-26(33)29-21-12-13-21/h8-11,16,18,21-22H,4-7,12-15,17H2,1-3H3,(H2,28,29,33)/t18-,36?/m0/s1. The van der Waals surface area contributed by atoms with Gasteiger partial charge >= 0.3 is 6.03 Å². The first-order valence-electron chi connectivity index (χ1n) is 13.1. The zero-order valence-electron chi connectivity index (χ0n) is 21.5. The maximum Gasteiger partial charge on any atom is 0.319 e. The smallest absolute Gasteiger partial charge is 0.319 e. The molecule has 2 amide bonds. The lowest BCUT2D eigenvalue weighted by molar-refractivity contribution is 0.0985. The summed E-state index contributed by atoms with van der Waals surface area (Å²) in [7, 11) is -1.04. The molecule has 2 atom stereocenters. The minimum absolute atomic E-state index is 0.178. The highest BCUT2D eigenvalue weighted by Crippen LogP contribution is 2.37. The summed E-state index contributed by atoms with van der Waals surface area (Å²) in [6.07, 6.45) is 6.43. The number of carbonyl (C=O) groups excluding carboxylic acids is 1. The van der Waals surface area contributed by atoms with Gasteiger partial charge in [-0.25, -0.2) is 14.8 Å². The molecule has 194 valence electrons. The highest BCUT2D eigenvalue weighted by molar-refractivity contribution is 7.86. The van der Waals surface area contributed by atoms with Crippen LogP contribution in [-0.2, 0) is 20.3 Å². The minimum atomic E-state index is -1.04. The molecular weight excluding hydrogens is 474 g/mol. The number of ether oxygens (including phenoxy) is 1. The molecule has 3 aliphatic rings. The highest BCUT2D eigenvalue weighted by Gasteiger charge is 2.37. The van der Waals surface area contributed by atoms with Crippen molar-refractivity contribution in [2.24, 2.45) is 0 Å². The van der Waals surface area contributed by atoms with Crippen LogP contribution in [0.1, 0.15) is 65.0 Å². The Morgan fingerprint density at radius 1 is 1.11 bits per heavy atom. The van der Waals surface area contributed by atoms with Gasteiger partial charge in [0, 0.05) is 46.0 Å². The summed E-state index contributed by atoms with van der Waals surface area (Å²) in [5, 5.41) is 6.04. The number of nitrogens with zero attached hydrogens (tertiary/aromatic N) is 3. The van der Waals surface area contributed by atoms with Gasteiger partial charge in [0.1, 0.15) is 5.82 Å². The summed E-state index contributed by atoms with van der Waals surface area (Å²) in [6, 6.07) is 9.94. The summed E-state index contributed by atoms with van der Waals surface area (Å²) in [5.74, 6) is 1.44. The molecular formula is C27H37N5O3S. The average molecular weight is 512 g/mol. The third kappa shape index (κ3) is 5.57. The third-order valence-electron chi connectivity index (χ3n) is 7.41. The second-order valence-corrected chi connectivity index (χ2v) is 13.0. The number of urea groups is 1. The van der Waals surface area contributed by atoms with Gasteiger partial charge in [-0.05, 0) is 70.7 Å². The zero-order chi connectivity index (χ0) is 25.3. The van der Waals surface area contributed by atoms with E-state index in [0.29, 0.717) is 25.1 Å². The van der Waals surface area contributed by atoms with Gasteiger partial charge in [0.2, 0.25) is 0 Å². The fraction of sp³-hybridized carbons (Fsp3) is 0.593. The first-order chi connectivity index (χ1) is 17.3. The van der Waals surface area contributed by atoms with E-state index in [1.807, 2.05) is 44.2 Å². The molecule has 1 aromatic heterocycles. The topological polar surface area (TPSA) is 96.5 Å². The number of carbonyl (C=O) groups is 1. The van der Waals surface area contributed by atoms with Gasteiger partial charge in [-0.1, -0.05) is 12.8 Å². The molecule has 1 saturated heterocycles. The Bertz CT molecular complexity index is 1110. The van der Waals surface area contributed by atoms with Crippen molar-refractivity contribution in [3.05, 3.63) is 36.0 Å². The largest absolute Gasteiger partial charge is 0.377 e. The van der Waals surface area contributed by atoms with Gasteiger partial charge in [-0.2, -0.15) is 0 Å². The molecule has 2 saturated carbocycles. The molecule has 2 aromatic rings. The Balaban J connectivity index is 1.46. The Kier molecular flexibility index (Phi) is 7.30. The Hall–Kier alpha value is -2.52. The van der Waals surface area contributed by atoms with Gasteiger partial charge < -0.3 is 20.3 Å². The van der Waals surface area contributed by atoms with Crippen LogP contribution in [-0.4, -0.2) is 57.3 Å². The van der Waals surface area contributed by atoms with Gasteiger partial charge in [0.05, 0.1) is 29.7 Å². The number of benzene rings is 1. The Morgan fingerprint density at radius 2 is 1.83 bits per heavy atom. The normalized spacial score (nSPS) is 21.9. The molecule has 8 nitrogen and oxygen atoms in total. The molecule has 9 heteroatoms. The number of morpholine rings is 1. The predicted octanol–water partition coefficient (Wildman–Crippen LogP) is 4.58. The minimum Gasteiger partial charge on any atom is -0.377 e. The molecule has 1 aliphatic heterocycles. The molecule has 3 fully saturated rings. The van der Waals surface area contributed by atoms with E-state index in [-0.39, 0.29) is 17.3 Å². The molecule has 2 aliphatic carbocycles. The molecule has 2 N–H and O–H groups in total. The summed E-state index contributed by atoms with van der Waals surface area (Å²) in [6.45, 7) is 8.28. The van der Waals surface area contributed by atoms with E-state index in [1.165, 1.54) is 0 Å². The number of aromatic nitrogens is 2. The molecule has 0 bridgehead atoms. The van der Waals surface area contributed by atoms with Crippen LogP contribution in [0, 0.1) is 0 Å². The van der Waals surface area contributed by atoms with E-state index in [2.05, 4.69) is 22.5 Å². The van der Waals surface area contributed by atoms with E-state index in [1.54, 1.807) is 0 Å². The van der Waals surface area contributed by atoms with Crippen molar-refractivity contribution < 1.29 is 13.7 Å². The number of nitrogens with one attached hydrogen (secondary N) is 2. The Labute approximate surface area is 216 Å². The number of anilines is 2. The van der Waals surface area contributed by atoms with E-state index >= 15 is 0 Å². The zero-order valence-corrected chi connectivity index (χ0v) is 22.3. The predicted molar refractivity (Wildman–Crippen MR) is 144 cm³/mol. The summed E-state index contributed by atoms with van der Waals surface area (Å²) in [4.78, 5) is 24.3. The summed E-state index contributed by atoms with van der Waals surface area (Å²) >= 11 is 0. The van der Waals surface area contributed by atoms with Gasteiger partial charge in [-0.15, -0.1) is 0 Å². The lowest BCUT2D eigenvalue weighted by Gasteiger charge is -2.35. The lowest BCUT2D eigenvalue weighted by Crippen LogP contribution is -2.44. The van der Waals surface area contributed by atoms with Crippen LogP contribution >= 0.6 is 0 Å². The molecule has 1 unspecified atom stereocenters. The molecule has 0 spiro atoms. The van der Waals surface area contributed by atoms with Crippen LogP contribution in [0.25, 0.3) is 11.4 Å². The highest BCUT2D eigenvalue weighted by atomic mass is 32.2. The molecule has 36 heavy (non-hydrogen) atoms. The van der Waals surface area contributed by atoms with Crippen LogP contribution in [0.4, 0.5) is 16.3 Å². The quantitative estimate of drug-likeness (QED) is 0.565. The van der Waals surface area contributed by atoms with Crippen molar-refractivity contribution in [1.82, 2.24) is 15.3 Å². The summed E-state index contributed by atoms with van der Waals surface area (Å²) in [5.41, 5.74) is 2.38. The fourth-order valence-electron chi connectivity index (χ4n) is 4.99. The summed E-state index contributed by atoms with van der Waals surface area (Å²) < 4.78 is 18.7. The third-order valence-corrected chi connectivity index (χ3v) is 9.70. The lowest BCUT2D eigenvalue weighted by atomic mass is 10.1. The second-order valence-electron chi connectivity index (χ2n) is 10.7. The Morgan fingerprint density at radius 3 is 2.50 bits per heavy atom. The molecule has 5 rings (SSSR count). The molecule has 2 heterocycles. The first kappa shape index (κ1) is 25.1. The number of rotatable bonds is 7. The van der Waals surface area contributed by atoms with Crippen LogP contribution in [0.5, 0.6) is 0 Å². The van der Waals surface area contributed by atoms with E-state index < -0.39 is 15.5 Å². The monoisotopic (exact) mass is 511 g/mol. The van der Waals surface area contributed by atoms with Crippen LogP contribution < -0.4 is 15.5 Å². The number of hydrogen-bond acceptors (Lipinski definition) is 6. The number of amides is 2. The molecule has 0 radical (unpaired) electrons.